The largest absolute Gasteiger partial charge is 0.488 e. The third-order valence-corrected chi connectivity index (χ3v) is 4.68. The Balaban J connectivity index is 1.66. The maximum Gasteiger partial charge on any atom is 0.259 e. The van der Waals surface area contributed by atoms with E-state index < -0.39 is 0 Å². The van der Waals surface area contributed by atoms with Crippen LogP contribution in [0.2, 0.25) is 0 Å². The van der Waals surface area contributed by atoms with Gasteiger partial charge in [-0.2, -0.15) is 0 Å². The highest BCUT2D eigenvalue weighted by Gasteiger charge is 2.13. The fourth-order valence-electron chi connectivity index (χ4n) is 2.99. The van der Waals surface area contributed by atoms with Crippen LogP contribution in [0.3, 0.4) is 0 Å². The van der Waals surface area contributed by atoms with Crippen molar-refractivity contribution in [2.45, 2.75) is 19.4 Å². The number of hydrogen-bond donors (Lipinski definition) is 1. The number of benzene rings is 3. The second kappa shape index (κ2) is 10.3. The van der Waals surface area contributed by atoms with Crippen LogP contribution in [0.15, 0.2) is 78.9 Å². The molecule has 0 heterocycles. The number of ether oxygens (including phenoxy) is 1. The topological polar surface area (TPSA) is 58.6 Å². The predicted octanol–water partition coefficient (Wildman–Crippen LogP) is 4.54. The molecule has 0 aliphatic rings. The van der Waals surface area contributed by atoms with Gasteiger partial charge < -0.3 is 15.0 Å². The molecule has 0 aliphatic carbocycles. The van der Waals surface area contributed by atoms with Crippen LogP contribution in [0.5, 0.6) is 5.75 Å². The van der Waals surface area contributed by atoms with Crippen LogP contribution in [-0.2, 0) is 17.8 Å². The molecule has 0 radical (unpaired) electrons. The van der Waals surface area contributed by atoms with Gasteiger partial charge in [0, 0.05) is 26.2 Å². The van der Waals surface area contributed by atoms with Gasteiger partial charge in [0.15, 0.2) is 0 Å². The number of carbonyl (C=O) groups excluding carboxylic acids is 2. The summed E-state index contributed by atoms with van der Waals surface area (Å²) >= 11 is 0. The maximum atomic E-state index is 12.9. The highest BCUT2D eigenvalue weighted by Crippen LogP contribution is 2.21. The van der Waals surface area contributed by atoms with Gasteiger partial charge in [0.05, 0.1) is 5.56 Å². The third-order valence-electron chi connectivity index (χ3n) is 4.68. The Morgan fingerprint density at radius 1 is 0.867 bits per heavy atom. The molecule has 30 heavy (non-hydrogen) atoms. The molecule has 0 saturated carbocycles. The van der Waals surface area contributed by atoms with Crippen molar-refractivity contribution in [3.05, 3.63) is 95.6 Å². The SMILES string of the molecule is CN(C)C(=O)CCc1cccc(NC(=O)c2ccccc2OCc2ccccc2)c1. The Bertz CT molecular complexity index is 1000. The first kappa shape index (κ1) is 21.1. The maximum absolute atomic E-state index is 12.9. The van der Waals surface area contributed by atoms with E-state index in [9.17, 15) is 9.59 Å². The van der Waals surface area contributed by atoms with Crippen molar-refractivity contribution in [2.75, 3.05) is 19.4 Å². The molecule has 5 nitrogen and oxygen atoms in total. The predicted molar refractivity (Wildman–Crippen MR) is 119 cm³/mol. The number of para-hydroxylation sites is 1. The van der Waals surface area contributed by atoms with Crippen molar-refractivity contribution in [1.82, 2.24) is 4.90 Å². The molecule has 0 spiro atoms. The van der Waals surface area contributed by atoms with E-state index in [1.807, 2.05) is 66.7 Å². The van der Waals surface area contributed by atoms with Crippen LogP contribution < -0.4 is 10.1 Å². The van der Waals surface area contributed by atoms with Gasteiger partial charge >= 0.3 is 0 Å². The van der Waals surface area contributed by atoms with Crippen LogP contribution in [0.25, 0.3) is 0 Å². The Morgan fingerprint density at radius 3 is 2.33 bits per heavy atom. The summed E-state index contributed by atoms with van der Waals surface area (Å²) in [6.45, 7) is 0.389. The lowest BCUT2D eigenvalue weighted by atomic mass is 10.1. The number of carbonyl (C=O) groups is 2. The second-order valence-electron chi connectivity index (χ2n) is 7.21. The van der Waals surface area contributed by atoms with E-state index in [4.69, 9.17) is 4.74 Å². The molecule has 0 unspecified atom stereocenters. The summed E-state index contributed by atoms with van der Waals surface area (Å²) in [7, 11) is 3.49. The molecule has 154 valence electrons. The van der Waals surface area contributed by atoms with E-state index in [2.05, 4.69) is 5.32 Å². The van der Waals surface area contributed by atoms with Gasteiger partial charge in [-0.3, -0.25) is 9.59 Å². The number of nitrogens with one attached hydrogen (secondary N) is 1. The molecule has 0 aromatic heterocycles. The Kier molecular flexibility index (Phi) is 7.22. The first-order valence-electron chi connectivity index (χ1n) is 9.89. The molecule has 3 aromatic carbocycles. The zero-order valence-electron chi connectivity index (χ0n) is 17.3. The van der Waals surface area contributed by atoms with Gasteiger partial charge in [-0.25, -0.2) is 0 Å². The van der Waals surface area contributed by atoms with Gasteiger partial charge in [0.1, 0.15) is 12.4 Å². The minimum atomic E-state index is -0.236. The number of hydrogen-bond acceptors (Lipinski definition) is 3. The second-order valence-corrected chi connectivity index (χ2v) is 7.21. The van der Waals surface area contributed by atoms with Gasteiger partial charge in [0.25, 0.3) is 5.91 Å². The summed E-state index contributed by atoms with van der Waals surface area (Å²) < 4.78 is 5.89. The van der Waals surface area contributed by atoms with Gasteiger partial charge in [-0.15, -0.1) is 0 Å². The van der Waals surface area contributed by atoms with Crippen molar-refractivity contribution in [3.8, 4) is 5.75 Å². The molecule has 0 saturated heterocycles. The first-order valence-corrected chi connectivity index (χ1v) is 9.89. The molecule has 3 aromatic rings. The van der Waals surface area contributed by atoms with Gasteiger partial charge in [-0.1, -0.05) is 54.6 Å². The molecule has 3 rings (SSSR count). The molecule has 0 fully saturated rings. The van der Waals surface area contributed by atoms with E-state index in [1.54, 1.807) is 31.1 Å². The summed E-state index contributed by atoms with van der Waals surface area (Å²) in [6.07, 6.45) is 1.05. The molecular weight excluding hydrogens is 376 g/mol. The van der Waals surface area contributed by atoms with Crippen molar-refractivity contribution in [3.63, 3.8) is 0 Å². The summed E-state index contributed by atoms with van der Waals surface area (Å²) in [6, 6.07) is 24.6. The average molecular weight is 402 g/mol. The Morgan fingerprint density at radius 2 is 1.57 bits per heavy atom. The third kappa shape index (κ3) is 5.95. The van der Waals surface area contributed by atoms with Crippen LogP contribution in [-0.4, -0.2) is 30.8 Å². The quantitative estimate of drug-likeness (QED) is 0.602. The van der Waals surface area contributed by atoms with E-state index in [0.717, 1.165) is 11.1 Å². The number of amides is 2. The van der Waals surface area contributed by atoms with Crippen LogP contribution in [0, 0.1) is 0 Å². The molecule has 5 heteroatoms. The molecule has 0 atom stereocenters. The van der Waals surface area contributed by atoms with Crippen molar-refractivity contribution in [2.24, 2.45) is 0 Å². The highest BCUT2D eigenvalue weighted by molar-refractivity contribution is 6.06. The number of anilines is 1. The van der Waals surface area contributed by atoms with E-state index in [0.29, 0.717) is 36.4 Å². The Hall–Kier alpha value is -3.60. The van der Waals surface area contributed by atoms with Crippen molar-refractivity contribution >= 4 is 17.5 Å². The van der Waals surface area contributed by atoms with Crippen molar-refractivity contribution < 1.29 is 14.3 Å². The molecule has 0 aliphatic heterocycles. The minimum absolute atomic E-state index is 0.0777. The number of nitrogens with zero attached hydrogens (tertiary/aromatic N) is 1. The lowest BCUT2D eigenvalue weighted by Crippen LogP contribution is -2.21. The molecule has 2 amide bonds. The summed E-state index contributed by atoms with van der Waals surface area (Å²) in [4.78, 5) is 26.3. The summed E-state index contributed by atoms with van der Waals surface area (Å²) in [5, 5.41) is 2.93. The normalized spacial score (nSPS) is 10.3. The standard InChI is InChI=1S/C25H26N2O3/c1-27(2)24(28)16-15-19-11-8-12-21(17-19)26-25(29)22-13-6-7-14-23(22)30-18-20-9-4-3-5-10-20/h3-14,17H,15-16,18H2,1-2H3,(H,26,29). The molecule has 0 bridgehead atoms. The van der Waals surface area contributed by atoms with Crippen LogP contribution in [0.4, 0.5) is 5.69 Å². The zero-order chi connectivity index (χ0) is 21.3. The Labute approximate surface area is 177 Å². The minimum Gasteiger partial charge on any atom is -0.488 e. The summed E-state index contributed by atoms with van der Waals surface area (Å²) in [5.41, 5.74) is 3.19. The van der Waals surface area contributed by atoms with Gasteiger partial charge in [0.2, 0.25) is 5.91 Å². The average Bonchev–Trinajstić information content (AvgIpc) is 2.77. The first-order chi connectivity index (χ1) is 14.5. The highest BCUT2D eigenvalue weighted by atomic mass is 16.5. The number of aryl methyl sites for hydroxylation is 1. The van der Waals surface area contributed by atoms with E-state index >= 15 is 0 Å². The monoisotopic (exact) mass is 402 g/mol. The van der Waals surface area contributed by atoms with E-state index in [-0.39, 0.29) is 11.8 Å². The molecule has 1 N–H and O–H groups in total. The fraction of sp³-hybridized carbons (Fsp3) is 0.200. The smallest absolute Gasteiger partial charge is 0.259 e. The van der Waals surface area contributed by atoms with E-state index in [1.165, 1.54) is 0 Å². The van der Waals surface area contributed by atoms with Crippen molar-refractivity contribution in [1.29, 1.82) is 0 Å². The lowest BCUT2D eigenvalue weighted by Gasteiger charge is -2.13. The molecular formula is C25H26N2O3. The van der Waals surface area contributed by atoms with Gasteiger partial charge in [-0.05, 0) is 41.8 Å². The van der Waals surface area contributed by atoms with Crippen LogP contribution >= 0.6 is 0 Å². The van der Waals surface area contributed by atoms with Crippen LogP contribution in [0.1, 0.15) is 27.9 Å². The zero-order valence-corrected chi connectivity index (χ0v) is 17.3. The fourth-order valence-corrected chi connectivity index (χ4v) is 2.99. The lowest BCUT2D eigenvalue weighted by molar-refractivity contribution is -0.128. The number of rotatable bonds is 8. The summed E-state index contributed by atoms with van der Waals surface area (Å²) in [5.74, 6) is 0.376.